The fourth-order valence-corrected chi connectivity index (χ4v) is 5.07. The number of likely N-dealkylation sites (N-methyl/N-ethyl adjacent to an activating group) is 1. The molecule has 0 bridgehead atoms. The highest BCUT2D eigenvalue weighted by molar-refractivity contribution is 7.19. The van der Waals surface area contributed by atoms with Crippen LogP contribution in [0.5, 0.6) is 5.75 Å². The van der Waals surface area contributed by atoms with E-state index >= 15 is 0 Å². The van der Waals surface area contributed by atoms with Crippen molar-refractivity contribution in [3.63, 3.8) is 0 Å². The van der Waals surface area contributed by atoms with E-state index in [4.69, 9.17) is 16.3 Å². The fraction of sp³-hybridized carbons (Fsp3) is 0.240. The molecule has 0 saturated heterocycles. The van der Waals surface area contributed by atoms with Crippen LogP contribution in [-0.4, -0.2) is 41.5 Å². The molecule has 0 aliphatic rings. The number of aryl methyl sites for hydroxylation is 2. The van der Waals surface area contributed by atoms with E-state index in [-0.39, 0.29) is 18.0 Å². The molecule has 0 aliphatic heterocycles. The molecule has 0 unspecified atom stereocenters. The summed E-state index contributed by atoms with van der Waals surface area (Å²) >= 11 is 7.53. The van der Waals surface area contributed by atoms with E-state index in [1.54, 1.807) is 30.1 Å². The van der Waals surface area contributed by atoms with E-state index < -0.39 is 0 Å². The predicted molar refractivity (Wildman–Crippen MR) is 138 cm³/mol. The molecule has 0 fully saturated rings. The van der Waals surface area contributed by atoms with Crippen LogP contribution in [0.1, 0.15) is 16.3 Å². The molecule has 0 spiro atoms. The van der Waals surface area contributed by atoms with E-state index in [2.05, 4.69) is 15.3 Å². The first-order chi connectivity index (χ1) is 16.2. The quantitative estimate of drug-likeness (QED) is 0.376. The van der Waals surface area contributed by atoms with Crippen molar-refractivity contribution >= 4 is 44.7 Å². The summed E-state index contributed by atoms with van der Waals surface area (Å²) in [7, 11) is 3.32. The van der Waals surface area contributed by atoms with Gasteiger partial charge in [-0.05, 0) is 44.7 Å². The van der Waals surface area contributed by atoms with E-state index in [0.29, 0.717) is 39.0 Å². The number of hydrogen-bond acceptors (Lipinski definition) is 6. The number of nitrogens with zero attached hydrogens (tertiary/aromatic N) is 2. The second kappa shape index (κ2) is 9.97. The van der Waals surface area contributed by atoms with Gasteiger partial charge in [-0.25, -0.2) is 4.98 Å². The Hall–Kier alpha value is -3.20. The third-order valence-electron chi connectivity index (χ3n) is 5.40. The molecule has 34 heavy (non-hydrogen) atoms. The number of nitrogens with one attached hydrogen (secondary N) is 2. The van der Waals surface area contributed by atoms with Gasteiger partial charge in [-0.2, -0.15) is 0 Å². The van der Waals surface area contributed by atoms with Gasteiger partial charge in [-0.3, -0.25) is 14.5 Å². The van der Waals surface area contributed by atoms with Crippen LogP contribution < -0.4 is 15.6 Å². The number of fused-ring (bicyclic) bond motifs is 1. The zero-order chi connectivity index (χ0) is 24.4. The minimum Gasteiger partial charge on any atom is -0.495 e. The van der Waals surface area contributed by atoms with Crippen molar-refractivity contribution in [3.8, 4) is 16.9 Å². The summed E-state index contributed by atoms with van der Waals surface area (Å²) in [4.78, 5) is 36.6. The summed E-state index contributed by atoms with van der Waals surface area (Å²) in [5, 5.41) is 3.91. The van der Waals surface area contributed by atoms with Gasteiger partial charge in [0.1, 0.15) is 16.4 Å². The number of benzene rings is 2. The van der Waals surface area contributed by atoms with Crippen molar-refractivity contribution in [2.24, 2.45) is 0 Å². The molecular weight excluding hydrogens is 472 g/mol. The lowest BCUT2D eigenvalue weighted by atomic mass is 10.0. The van der Waals surface area contributed by atoms with Gasteiger partial charge in [0.05, 0.1) is 31.3 Å². The summed E-state index contributed by atoms with van der Waals surface area (Å²) < 4.78 is 5.27. The van der Waals surface area contributed by atoms with E-state index in [1.165, 1.54) is 18.4 Å². The van der Waals surface area contributed by atoms with Crippen LogP contribution in [0.25, 0.3) is 21.3 Å². The lowest BCUT2D eigenvalue weighted by Crippen LogP contribution is -2.31. The van der Waals surface area contributed by atoms with Crippen molar-refractivity contribution in [2.75, 3.05) is 26.0 Å². The lowest BCUT2D eigenvalue weighted by molar-refractivity contribution is -0.117. The van der Waals surface area contributed by atoms with Crippen molar-refractivity contribution in [3.05, 3.63) is 74.1 Å². The van der Waals surface area contributed by atoms with Crippen LogP contribution in [0.4, 0.5) is 5.69 Å². The molecule has 9 heteroatoms. The Morgan fingerprint density at radius 1 is 1.21 bits per heavy atom. The van der Waals surface area contributed by atoms with Crippen LogP contribution in [0.2, 0.25) is 5.02 Å². The Morgan fingerprint density at radius 3 is 2.65 bits per heavy atom. The number of halogens is 1. The number of rotatable bonds is 7. The van der Waals surface area contributed by atoms with Gasteiger partial charge in [0.15, 0.2) is 0 Å². The van der Waals surface area contributed by atoms with Gasteiger partial charge >= 0.3 is 0 Å². The largest absolute Gasteiger partial charge is 0.495 e. The summed E-state index contributed by atoms with van der Waals surface area (Å²) in [6.45, 7) is 4.43. The minimum atomic E-state index is -0.236. The monoisotopic (exact) mass is 496 g/mol. The van der Waals surface area contributed by atoms with Gasteiger partial charge in [-0.1, -0.05) is 41.4 Å². The smallest absolute Gasteiger partial charge is 0.260 e. The maximum Gasteiger partial charge on any atom is 0.260 e. The van der Waals surface area contributed by atoms with Crippen LogP contribution in [-0.2, 0) is 11.3 Å². The Kier molecular flexibility index (Phi) is 7.02. The highest BCUT2D eigenvalue weighted by Crippen LogP contribution is 2.35. The van der Waals surface area contributed by atoms with Crippen LogP contribution >= 0.6 is 22.9 Å². The fourth-order valence-electron chi connectivity index (χ4n) is 3.83. The van der Waals surface area contributed by atoms with Crippen molar-refractivity contribution in [2.45, 2.75) is 20.4 Å². The first kappa shape index (κ1) is 23.9. The van der Waals surface area contributed by atoms with Crippen molar-refractivity contribution in [1.82, 2.24) is 14.9 Å². The second-order valence-corrected chi connectivity index (χ2v) is 9.80. The molecule has 0 aliphatic carbocycles. The van der Waals surface area contributed by atoms with Gasteiger partial charge in [0, 0.05) is 15.5 Å². The van der Waals surface area contributed by atoms with E-state index in [9.17, 15) is 9.59 Å². The first-order valence-corrected chi connectivity index (χ1v) is 11.9. The summed E-state index contributed by atoms with van der Waals surface area (Å²) in [5.41, 5.74) is 3.40. The molecule has 1 amide bonds. The molecule has 2 N–H and O–H groups in total. The number of aromatic amines is 1. The number of methoxy groups -OCH3 is 1. The molecular formula is C25H25ClN4O3S. The number of ether oxygens (including phenoxy) is 1. The molecule has 7 nitrogen and oxygen atoms in total. The third-order valence-corrected chi connectivity index (χ3v) is 6.63. The Balaban J connectivity index is 1.51. The molecule has 2 aromatic heterocycles. The SMILES string of the molecule is COc1ccc(Cl)cc1NC(=O)CN(C)Cc1nc2sc(C)c(-c3ccc(C)cc3)c2c(=O)[nH]1. The molecule has 0 atom stereocenters. The number of carbonyl (C=O) groups excluding carboxylic acids is 1. The molecule has 176 valence electrons. The van der Waals surface area contributed by atoms with Crippen molar-refractivity contribution < 1.29 is 9.53 Å². The molecule has 0 saturated carbocycles. The van der Waals surface area contributed by atoms with Crippen LogP contribution in [0.3, 0.4) is 0 Å². The Labute approximate surface area is 206 Å². The average Bonchev–Trinajstić information content (AvgIpc) is 3.10. The number of aromatic nitrogens is 2. The van der Waals surface area contributed by atoms with Gasteiger partial charge in [0.25, 0.3) is 5.56 Å². The number of anilines is 1. The predicted octanol–water partition coefficient (Wildman–Crippen LogP) is 5.00. The maximum absolute atomic E-state index is 13.0. The van der Waals surface area contributed by atoms with E-state index in [1.807, 2.05) is 38.1 Å². The molecule has 0 radical (unpaired) electrons. The van der Waals surface area contributed by atoms with Gasteiger partial charge < -0.3 is 15.0 Å². The number of H-pyrrole nitrogens is 1. The second-order valence-electron chi connectivity index (χ2n) is 8.16. The number of carbonyl (C=O) groups is 1. The van der Waals surface area contributed by atoms with Crippen LogP contribution in [0.15, 0.2) is 47.3 Å². The Morgan fingerprint density at radius 2 is 1.94 bits per heavy atom. The molecule has 2 heterocycles. The average molecular weight is 497 g/mol. The summed E-state index contributed by atoms with van der Waals surface area (Å²) in [5.74, 6) is 0.791. The lowest BCUT2D eigenvalue weighted by Gasteiger charge is -2.16. The summed E-state index contributed by atoms with van der Waals surface area (Å²) in [6, 6.07) is 13.1. The highest BCUT2D eigenvalue weighted by Gasteiger charge is 2.18. The number of hydrogen-bond donors (Lipinski definition) is 2. The topological polar surface area (TPSA) is 87.3 Å². The van der Waals surface area contributed by atoms with Crippen molar-refractivity contribution in [1.29, 1.82) is 0 Å². The number of amides is 1. The molecule has 2 aromatic carbocycles. The summed E-state index contributed by atoms with van der Waals surface area (Å²) in [6.07, 6.45) is 0. The zero-order valence-corrected chi connectivity index (χ0v) is 20.9. The zero-order valence-electron chi connectivity index (χ0n) is 19.4. The van der Waals surface area contributed by atoms with Gasteiger partial charge in [-0.15, -0.1) is 11.3 Å². The number of thiophene rings is 1. The highest BCUT2D eigenvalue weighted by atomic mass is 35.5. The standard InChI is InChI=1S/C25H25ClN4O3S/c1-14-5-7-16(8-6-14)22-15(2)34-25-23(22)24(32)28-20(29-25)12-30(3)13-21(31)27-18-11-17(26)9-10-19(18)33-4/h5-11H,12-13H2,1-4H3,(H,27,31)(H,28,29,32). The minimum absolute atomic E-state index is 0.0928. The van der Waals surface area contributed by atoms with E-state index in [0.717, 1.165) is 21.6 Å². The molecule has 4 rings (SSSR count). The Bertz CT molecular complexity index is 1410. The maximum atomic E-state index is 13.0. The first-order valence-electron chi connectivity index (χ1n) is 10.7. The molecule has 4 aromatic rings. The van der Waals surface area contributed by atoms with Gasteiger partial charge in [0.2, 0.25) is 5.91 Å². The normalized spacial score (nSPS) is 11.2. The van der Waals surface area contributed by atoms with Crippen LogP contribution in [0, 0.1) is 13.8 Å². The third kappa shape index (κ3) is 5.14.